The fourth-order valence-electron chi connectivity index (χ4n) is 1.80. The molecule has 140 valence electrons. The maximum Gasteiger partial charge on any atom is 0.240 e. The molecule has 2 aromatic rings. The molecule has 0 spiro atoms. The van der Waals surface area contributed by atoms with Crippen molar-refractivity contribution in [2.45, 2.75) is 6.92 Å². The third-order valence-electron chi connectivity index (χ3n) is 2.85. The van der Waals surface area contributed by atoms with Crippen LogP contribution in [0, 0.1) is 0 Å². The zero-order valence-electron chi connectivity index (χ0n) is 14.4. The zero-order chi connectivity index (χ0) is 20.8. The van der Waals surface area contributed by atoms with Crippen LogP contribution < -0.4 is 4.74 Å². The first-order valence-corrected chi connectivity index (χ1v) is 7.85. The first-order chi connectivity index (χ1) is 13.6. The molecule has 0 atom stereocenters. The van der Waals surface area contributed by atoms with Gasteiger partial charge in [0, 0.05) is 0 Å². The van der Waals surface area contributed by atoms with Crippen molar-refractivity contribution in [1.29, 1.82) is 0 Å². The van der Waals surface area contributed by atoms with Crippen LogP contribution in [0.2, 0.25) is 5.02 Å². The number of aliphatic imine (C=N–C) groups is 4. The molecular formula is C18H11ClN4O5. The molecule has 10 heteroatoms. The van der Waals surface area contributed by atoms with Crippen molar-refractivity contribution in [3.8, 4) is 5.75 Å². The smallest absolute Gasteiger partial charge is 0.240 e. The van der Waals surface area contributed by atoms with E-state index in [9.17, 15) is 19.2 Å². The third kappa shape index (κ3) is 7.12. The van der Waals surface area contributed by atoms with Gasteiger partial charge in [-0.1, -0.05) is 11.6 Å². The highest BCUT2D eigenvalue weighted by Crippen LogP contribution is 2.31. The second kappa shape index (κ2) is 12.4. The minimum atomic E-state index is 0.230. The number of ether oxygens (including phenoxy) is 1. The fourth-order valence-corrected chi connectivity index (χ4v) is 1.96. The van der Waals surface area contributed by atoms with Crippen molar-refractivity contribution < 1.29 is 23.9 Å². The summed E-state index contributed by atoms with van der Waals surface area (Å²) in [7, 11) is 0. The summed E-state index contributed by atoms with van der Waals surface area (Å²) in [6.45, 7) is 2.27. The average molecular weight is 399 g/mol. The Labute approximate surface area is 163 Å². The van der Waals surface area contributed by atoms with E-state index in [4.69, 9.17) is 16.3 Å². The Morgan fingerprint density at radius 1 is 0.786 bits per heavy atom. The molecule has 0 saturated carbocycles. The number of isocyanates is 4. The number of halogens is 1. The van der Waals surface area contributed by atoms with Gasteiger partial charge in [0.15, 0.2) is 0 Å². The van der Waals surface area contributed by atoms with Crippen LogP contribution in [0.25, 0.3) is 0 Å². The van der Waals surface area contributed by atoms with E-state index in [1.165, 1.54) is 48.6 Å². The van der Waals surface area contributed by atoms with Crippen LogP contribution in [0.5, 0.6) is 5.75 Å². The van der Waals surface area contributed by atoms with E-state index in [1.807, 2.05) is 6.92 Å². The number of hydrogen-bond acceptors (Lipinski definition) is 9. The van der Waals surface area contributed by atoms with Crippen LogP contribution in [0.1, 0.15) is 6.92 Å². The lowest BCUT2D eigenvalue weighted by Crippen LogP contribution is -1.91. The number of benzene rings is 2. The van der Waals surface area contributed by atoms with Crippen molar-refractivity contribution in [2.75, 3.05) is 6.61 Å². The molecule has 0 bridgehead atoms. The summed E-state index contributed by atoms with van der Waals surface area (Å²) < 4.78 is 5.21. The van der Waals surface area contributed by atoms with E-state index in [2.05, 4.69) is 20.0 Å². The molecule has 28 heavy (non-hydrogen) atoms. The maximum absolute atomic E-state index is 10.1. The molecule has 0 saturated heterocycles. The largest absolute Gasteiger partial charge is 0.492 e. The molecule has 0 aliphatic heterocycles. The van der Waals surface area contributed by atoms with E-state index in [0.29, 0.717) is 34.4 Å². The summed E-state index contributed by atoms with van der Waals surface area (Å²) in [6.07, 6.45) is 5.51. The van der Waals surface area contributed by atoms with Crippen LogP contribution in [0.15, 0.2) is 56.4 Å². The van der Waals surface area contributed by atoms with Gasteiger partial charge in [0.05, 0.1) is 28.7 Å². The molecule has 0 aromatic heterocycles. The Bertz CT molecular complexity index is 1030. The predicted molar refractivity (Wildman–Crippen MR) is 100 cm³/mol. The van der Waals surface area contributed by atoms with Crippen LogP contribution in [-0.4, -0.2) is 30.9 Å². The molecule has 0 heterocycles. The van der Waals surface area contributed by atoms with E-state index in [1.54, 1.807) is 12.1 Å². The van der Waals surface area contributed by atoms with Crippen LogP contribution >= 0.6 is 11.6 Å². The fraction of sp³-hybridized carbons (Fsp3) is 0.111. The predicted octanol–water partition coefficient (Wildman–Crippen LogP) is 4.29. The molecule has 0 radical (unpaired) electrons. The third-order valence-corrected chi connectivity index (χ3v) is 3.17. The van der Waals surface area contributed by atoms with Gasteiger partial charge >= 0.3 is 0 Å². The standard InChI is InChI=1S/C10H8N2O3.C8H3ClN2O2/c1-2-15-10-4-3-8(11-6-13)5-9(10)12-7-14;9-7-2-1-6(10-4-12)3-8(7)11-5-13/h3-5H,2H2,1H3;1-3H. The van der Waals surface area contributed by atoms with Crippen molar-refractivity contribution >= 4 is 58.7 Å². The number of rotatable bonds is 6. The Hall–Kier alpha value is -3.95. The monoisotopic (exact) mass is 398 g/mol. The van der Waals surface area contributed by atoms with Gasteiger partial charge in [-0.3, -0.25) is 0 Å². The lowest BCUT2D eigenvalue weighted by Gasteiger charge is -2.05. The van der Waals surface area contributed by atoms with E-state index >= 15 is 0 Å². The van der Waals surface area contributed by atoms with Crippen molar-refractivity contribution in [3.63, 3.8) is 0 Å². The highest BCUT2D eigenvalue weighted by molar-refractivity contribution is 6.33. The summed E-state index contributed by atoms with van der Waals surface area (Å²) in [5.74, 6) is 0.450. The lowest BCUT2D eigenvalue weighted by atomic mass is 10.2. The van der Waals surface area contributed by atoms with E-state index in [-0.39, 0.29) is 5.69 Å². The first-order valence-electron chi connectivity index (χ1n) is 7.47. The van der Waals surface area contributed by atoms with Crippen LogP contribution in [-0.2, 0) is 19.2 Å². The quantitative estimate of drug-likeness (QED) is 0.529. The number of carbonyl (C=O) groups excluding carboxylic acids is 4. The van der Waals surface area contributed by atoms with Gasteiger partial charge in [-0.15, -0.1) is 0 Å². The Balaban J connectivity index is 0.000000283. The van der Waals surface area contributed by atoms with Gasteiger partial charge in [0.25, 0.3) is 0 Å². The molecule has 9 nitrogen and oxygen atoms in total. The van der Waals surface area contributed by atoms with Gasteiger partial charge in [-0.2, -0.15) is 20.0 Å². The normalized spacial score (nSPS) is 8.50. The highest BCUT2D eigenvalue weighted by Gasteiger charge is 2.03. The first kappa shape index (κ1) is 22.1. The summed E-state index contributed by atoms with van der Waals surface area (Å²) in [5, 5.41) is 0.299. The van der Waals surface area contributed by atoms with Gasteiger partial charge in [0.1, 0.15) is 11.4 Å². The van der Waals surface area contributed by atoms with E-state index < -0.39 is 0 Å². The summed E-state index contributed by atoms with van der Waals surface area (Å²) >= 11 is 5.66. The highest BCUT2D eigenvalue weighted by atomic mass is 35.5. The van der Waals surface area contributed by atoms with Gasteiger partial charge in [-0.05, 0) is 43.3 Å². The van der Waals surface area contributed by atoms with Crippen LogP contribution in [0.4, 0.5) is 22.7 Å². The maximum atomic E-state index is 10.1. The van der Waals surface area contributed by atoms with Gasteiger partial charge in [-0.25, -0.2) is 19.2 Å². The molecule has 2 rings (SSSR count). The molecule has 0 unspecified atom stereocenters. The molecule has 2 aromatic carbocycles. The lowest BCUT2D eigenvalue weighted by molar-refractivity contribution is 0.341. The Morgan fingerprint density at radius 2 is 1.29 bits per heavy atom. The molecule has 0 fully saturated rings. The molecule has 0 N–H and O–H groups in total. The molecule has 0 aliphatic carbocycles. The van der Waals surface area contributed by atoms with Gasteiger partial charge in [0.2, 0.25) is 24.3 Å². The molecular weight excluding hydrogens is 388 g/mol. The van der Waals surface area contributed by atoms with Crippen molar-refractivity contribution in [2.24, 2.45) is 20.0 Å². The van der Waals surface area contributed by atoms with Crippen LogP contribution in [0.3, 0.4) is 0 Å². The Morgan fingerprint density at radius 3 is 1.82 bits per heavy atom. The van der Waals surface area contributed by atoms with Crippen molar-refractivity contribution in [3.05, 3.63) is 41.4 Å². The SMILES string of the molecule is CCOc1ccc(N=C=O)cc1N=C=O.O=C=Nc1ccc(Cl)c(N=C=O)c1. The number of hydrogen-bond donors (Lipinski definition) is 0. The van der Waals surface area contributed by atoms with Crippen molar-refractivity contribution in [1.82, 2.24) is 0 Å². The zero-order valence-corrected chi connectivity index (χ0v) is 15.1. The summed E-state index contributed by atoms with van der Waals surface area (Å²) in [6, 6.07) is 8.97. The second-order valence-corrected chi connectivity index (χ2v) is 4.94. The molecule has 0 amide bonds. The van der Waals surface area contributed by atoms with Gasteiger partial charge < -0.3 is 4.74 Å². The summed E-state index contributed by atoms with van der Waals surface area (Å²) in [4.78, 5) is 53.5. The van der Waals surface area contributed by atoms with E-state index in [0.717, 1.165) is 0 Å². The summed E-state index contributed by atoms with van der Waals surface area (Å²) in [5.41, 5.74) is 1.23. The second-order valence-electron chi connectivity index (χ2n) is 4.53. The Kier molecular flexibility index (Phi) is 9.79. The molecule has 0 aliphatic rings. The topological polar surface area (TPSA) is 127 Å². The number of nitrogens with zero attached hydrogens (tertiary/aromatic N) is 4. The average Bonchev–Trinajstić information content (AvgIpc) is 2.68. The minimum Gasteiger partial charge on any atom is -0.492 e. The minimum absolute atomic E-state index is 0.230.